The number of fused-ring (bicyclic) bond motifs is 1. The minimum Gasteiger partial charge on any atom is -0.368 e. The Bertz CT molecular complexity index is 789. The fraction of sp³-hybridized carbons (Fsp3) is 0.150. The van der Waals surface area contributed by atoms with Crippen molar-refractivity contribution < 1.29 is 4.79 Å². The number of nitrogens with one attached hydrogen (secondary N) is 1. The predicted octanol–water partition coefficient (Wildman–Crippen LogP) is 3.81. The maximum atomic E-state index is 11.3. The van der Waals surface area contributed by atoms with Gasteiger partial charge in [0, 0.05) is 23.0 Å². The molecule has 0 spiro atoms. The van der Waals surface area contributed by atoms with Gasteiger partial charge < -0.3 is 16.0 Å². The van der Waals surface area contributed by atoms with E-state index in [1.165, 1.54) is 0 Å². The number of anilines is 2. The van der Waals surface area contributed by atoms with Crippen LogP contribution in [-0.2, 0) is 10.2 Å². The van der Waals surface area contributed by atoms with Crippen LogP contribution in [0.4, 0.5) is 11.4 Å². The summed E-state index contributed by atoms with van der Waals surface area (Å²) in [5, 5.41) is 3.29. The van der Waals surface area contributed by atoms with Crippen LogP contribution >= 0.6 is 12.4 Å². The number of primary amides is 1. The predicted molar refractivity (Wildman–Crippen MR) is 106 cm³/mol. The van der Waals surface area contributed by atoms with Crippen molar-refractivity contribution in [3.05, 3.63) is 84.7 Å². The highest BCUT2D eigenvalue weighted by molar-refractivity contribution is 5.85. The van der Waals surface area contributed by atoms with Gasteiger partial charge in [0.15, 0.2) is 0 Å². The van der Waals surface area contributed by atoms with E-state index in [9.17, 15) is 4.79 Å². The highest BCUT2D eigenvalue weighted by Gasteiger charge is 2.29. The Hall–Kier alpha value is -2.72. The number of para-hydroxylation sites is 2. The molecule has 0 aromatic heterocycles. The fourth-order valence-corrected chi connectivity index (χ4v) is 2.89. The van der Waals surface area contributed by atoms with E-state index in [0.717, 1.165) is 16.9 Å². The van der Waals surface area contributed by atoms with Crippen molar-refractivity contribution >= 4 is 29.7 Å². The molecule has 25 heavy (non-hydrogen) atoms. The maximum Gasteiger partial charge on any atom is 0.237 e. The third kappa shape index (κ3) is 4.22. The number of carbonyl (C=O) groups is 1. The zero-order chi connectivity index (χ0) is 17.0. The first-order valence-electron chi connectivity index (χ1n) is 7.92. The number of benzene rings is 2. The molecule has 3 rings (SSSR count). The Balaban J connectivity index is 0.00000225. The van der Waals surface area contributed by atoms with Gasteiger partial charge in [0.2, 0.25) is 5.91 Å². The van der Waals surface area contributed by atoms with E-state index in [1.807, 2.05) is 65.8 Å². The third-order valence-corrected chi connectivity index (χ3v) is 4.17. The summed E-state index contributed by atoms with van der Waals surface area (Å²) in [6, 6.07) is 18.1. The topological polar surface area (TPSA) is 58.4 Å². The summed E-state index contributed by atoms with van der Waals surface area (Å²) in [7, 11) is 0. The standard InChI is InChI=1S/C20H21N3O.ClH/c1-20(11-13-22-16-7-3-2-4-8-16)12-14-23(15-19(21)24)18-10-6-5-9-17(18)20;/h2-14,22H,15H2,1H3,(H2,21,24);1H. The van der Waals surface area contributed by atoms with Crippen LogP contribution in [0, 0.1) is 0 Å². The zero-order valence-electron chi connectivity index (χ0n) is 14.1. The lowest BCUT2D eigenvalue weighted by molar-refractivity contribution is -0.116. The molecule has 1 atom stereocenters. The van der Waals surface area contributed by atoms with E-state index in [-0.39, 0.29) is 30.3 Å². The van der Waals surface area contributed by atoms with E-state index in [0.29, 0.717) is 0 Å². The van der Waals surface area contributed by atoms with Crippen LogP contribution in [0.5, 0.6) is 0 Å². The first kappa shape index (κ1) is 18.6. The molecule has 1 aliphatic heterocycles. The second-order valence-corrected chi connectivity index (χ2v) is 6.05. The highest BCUT2D eigenvalue weighted by atomic mass is 35.5. The van der Waals surface area contributed by atoms with Gasteiger partial charge in [0.25, 0.3) is 0 Å². The van der Waals surface area contributed by atoms with Crippen LogP contribution in [0.2, 0.25) is 0 Å². The van der Waals surface area contributed by atoms with Crippen molar-refractivity contribution in [2.24, 2.45) is 5.73 Å². The Labute approximate surface area is 154 Å². The van der Waals surface area contributed by atoms with E-state index < -0.39 is 0 Å². The number of amides is 1. The van der Waals surface area contributed by atoms with Gasteiger partial charge in [-0.1, -0.05) is 48.6 Å². The molecule has 1 heterocycles. The second-order valence-electron chi connectivity index (χ2n) is 6.05. The van der Waals surface area contributed by atoms with Crippen LogP contribution in [0.3, 0.4) is 0 Å². The molecule has 1 amide bonds. The summed E-state index contributed by atoms with van der Waals surface area (Å²) in [5.74, 6) is -0.348. The Morgan fingerprint density at radius 1 is 1.16 bits per heavy atom. The summed E-state index contributed by atoms with van der Waals surface area (Å²) in [6.07, 6.45) is 8.10. The molecule has 0 radical (unpaired) electrons. The van der Waals surface area contributed by atoms with E-state index in [1.54, 1.807) is 0 Å². The number of allylic oxidation sites excluding steroid dienone is 2. The number of nitrogens with zero attached hydrogens (tertiary/aromatic N) is 1. The molecule has 0 fully saturated rings. The number of rotatable bonds is 5. The maximum absolute atomic E-state index is 11.3. The summed E-state index contributed by atoms with van der Waals surface area (Å²) >= 11 is 0. The highest BCUT2D eigenvalue weighted by Crippen LogP contribution is 2.38. The van der Waals surface area contributed by atoms with Gasteiger partial charge in [0.05, 0.1) is 0 Å². The molecule has 0 aliphatic carbocycles. The van der Waals surface area contributed by atoms with Gasteiger partial charge in [-0.2, -0.15) is 0 Å². The lowest BCUT2D eigenvalue weighted by Crippen LogP contribution is -2.35. The molecule has 3 N–H and O–H groups in total. The first-order valence-corrected chi connectivity index (χ1v) is 7.92. The van der Waals surface area contributed by atoms with Crippen molar-refractivity contribution in [1.29, 1.82) is 0 Å². The van der Waals surface area contributed by atoms with Crippen LogP contribution in [0.25, 0.3) is 0 Å². The number of carbonyl (C=O) groups excluding carboxylic acids is 1. The summed E-state index contributed by atoms with van der Waals surface area (Å²) < 4.78 is 0. The number of hydrogen-bond acceptors (Lipinski definition) is 3. The molecular weight excluding hydrogens is 334 g/mol. The molecule has 4 nitrogen and oxygen atoms in total. The largest absolute Gasteiger partial charge is 0.368 e. The monoisotopic (exact) mass is 355 g/mol. The van der Waals surface area contributed by atoms with E-state index in [2.05, 4.69) is 30.5 Å². The Morgan fingerprint density at radius 3 is 2.56 bits per heavy atom. The number of nitrogens with two attached hydrogens (primary N) is 1. The van der Waals surface area contributed by atoms with Gasteiger partial charge >= 0.3 is 0 Å². The molecule has 2 aromatic rings. The SMILES string of the molecule is CC1(C=CNc2ccccc2)C=CN(CC(N)=O)c2ccccc21.Cl. The normalized spacial score (nSPS) is 18.5. The lowest BCUT2D eigenvalue weighted by atomic mass is 9.79. The molecule has 0 saturated heterocycles. The van der Waals surface area contributed by atoms with E-state index >= 15 is 0 Å². The molecule has 1 aliphatic rings. The number of halogens is 1. The van der Waals surface area contributed by atoms with Crippen LogP contribution in [-0.4, -0.2) is 12.5 Å². The molecule has 5 heteroatoms. The van der Waals surface area contributed by atoms with Gasteiger partial charge in [-0.25, -0.2) is 0 Å². The van der Waals surface area contributed by atoms with Crippen LogP contribution in [0.1, 0.15) is 12.5 Å². The minimum atomic E-state index is -0.348. The minimum absolute atomic E-state index is 0. The van der Waals surface area contributed by atoms with E-state index in [4.69, 9.17) is 5.73 Å². The molecule has 2 aromatic carbocycles. The number of hydrogen-bond donors (Lipinski definition) is 2. The smallest absolute Gasteiger partial charge is 0.237 e. The summed E-state index contributed by atoms with van der Waals surface area (Å²) in [6.45, 7) is 2.32. The van der Waals surface area contributed by atoms with Crippen molar-refractivity contribution in [1.82, 2.24) is 0 Å². The quantitative estimate of drug-likeness (QED) is 0.857. The fourth-order valence-electron chi connectivity index (χ4n) is 2.89. The van der Waals surface area contributed by atoms with Crippen LogP contribution in [0.15, 0.2) is 79.1 Å². The molecule has 0 bridgehead atoms. The van der Waals surface area contributed by atoms with Gasteiger partial charge in [-0.3, -0.25) is 4.79 Å². The molecule has 0 saturated carbocycles. The average Bonchev–Trinajstić information content (AvgIpc) is 2.59. The zero-order valence-corrected chi connectivity index (χ0v) is 14.9. The first-order chi connectivity index (χ1) is 11.6. The molecule has 130 valence electrons. The Kier molecular flexibility index (Phi) is 5.88. The Morgan fingerprint density at radius 2 is 1.84 bits per heavy atom. The van der Waals surface area contributed by atoms with Crippen LogP contribution < -0.4 is 16.0 Å². The molecule has 1 unspecified atom stereocenters. The van der Waals surface area contributed by atoms with Gasteiger partial charge in [-0.05, 0) is 36.9 Å². The second kappa shape index (κ2) is 7.90. The van der Waals surface area contributed by atoms with Crippen molar-refractivity contribution in [2.45, 2.75) is 12.3 Å². The average molecular weight is 356 g/mol. The van der Waals surface area contributed by atoms with Crippen molar-refractivity contribution in [3.63, 3.8) is 0 Å². The summed E-state index contributed by atoms with van der Waals surface area (Å²) in [4.78, 5) is 13.2. The van der Waals surface area contributed by atoms with Crippen molar-refractivity contribution in [2.75, 3.05) is 16.8 Å². The van der Waals surface area contributed by atoms with Gasteiger partial charge in [-0.15, -0.1) is 12.4 Å². The summed E-state index contributed by atoms with van der Waals surface area (Å²) in [5.41, 5.74) is 8.28. The molecular formula is C20H22ClN3O. The van der Waals surface area contributed by atoms with Gasteiger partial charge in [0.1, 0.15) is 6.54 Å². The van der Waals surface area contributed by atoms with Crippen molar-refractivity contribution in [3.8, 4) is 0 Å². The lowest BCUT2D eigenvalue weighted by Gasteiger charge is -2.35. The third-order valence-electron chi connectivity index (χ3n) is 4.17.